The monoisotopic (exact) mass is 335 g/mol. The Bertz CT molecular complexity index is 940. The number of hydrogen-bond acceptors (Lipinski definition) is 3. The van der Waals surface area contributed by atoms with Gasteiger partial charge in [0.2, 0.25) is 0 Å². The number of carbonyl (C=O) groups is 1. The Labute approximate surface area is 145 Å². The quantitative estimate of drug-likeness (QED) is 0.783. The van der Waals surface area contributed by atoms with Crippen molar-refractivity contribution in [2.45, 2.75) is 38.1 Å². The number of nitrogens with one attached hydrogen (secondary N) is 1. The molecule has 2 aliphatic rings. The summed E-state index contributed by atoms with van der Waals surface area (Å²) in [4.78, 5) is 19.5. The van der Waals surface area contributed by atoms with Gasteiger partial charge in [-0.15, -0.1) is 0 Å². The Balaban J connectivity index is 1.41. The highest BCUT2D eigenvalue weighted by atomic mass is 16.2. The number of carbonyl (C=O) groups excluding carboxylic acids is 1. The van der Waals surface area contributed by atoms with Gasteiger partial charge in [0.1, 0.15) is 0 Å². The predicted octanol–water partition coefficient (Wildman–Crippen LogP) is 2.73. The van der Waals surface area contributed by atoms with Crippen molar-refractivity contribution in [3.8, 4) is 0 Å². The zero-order valence-corrected chi connectivity index (χ0v) is 14.1. The highest BCUT2D eigenvalue weighted by Gasteiger charge is 2.30. The maximum Gasteiger partial charge on any atom is 0.274 e. The summed E-state index contributed by atoms with van der Waals surface area (Å²) in [6, 6.07) is 8.46. The molecule has 0 spiro atoms. The number of piperidine rings is 1. The van der Waals surface area contributed by atoms with Crippen LogP contribution in [-0.4, -0.2) is 43.6 Å². The van der Waals surface area contributed by atoms with Crippen molar-refractivity contribution < 1.29 is 4.79 Å². The van der Waals surface area contributed by atoms with Crippen LogP contribution in [0.2, 0.25) is 0 Å². The molecule has 1 amide bonds. The summed E-state index contributed by atoms with van der Waals surface area (Å²) in [5.74, 6) is 0.0773. The van der Waals surface area contributed by atoms with E-state index in [2.05, 4.69) is 25.8 Å². The zero-order valence-electron chi connectivity index (χ0n) is 14.1. The number of amides is 1. The van der Waals surface area contributed by atoms with Crippen LogP contribution in [0.5, 0.6) is 0 Å². The summed E-state index contributed by atoms with van der Waals surface area (Å²) in [6.45, 7) is 1.53. The Morgan fingerprint density at radius 3 is 3.08 bits per heavy atom. The molecule has 128 valence electrons. The average molecular weight is 335 g/mol. The Kier molecular flexibility index (Phi) is 3.36. The fraction of sp³-hybridized carbons (Fsp3) is 0.421. The third kappa shape index (κ3) is 2.35. The molecule has 3 aromatic rings. The van der Waals surface area contributed by atoms with Gasteiger partial charge in [0, 0.05) is 24.3 Å². The standard InChI is InChI=1S/C19H21N5O/c25-19(18-14-6-3-8-15(14)21-22-18)23-10-4-5-13(11-23)24-12-20-16-7-1-2-9-17(16)24/h1-2,7,9,12-13H,3-6,8,10-11H2,(H,21,22)/t13-/m0/s1. The molecule has 25 heavy (non-hydrogen) atoms. The summed E-state index contributed by atoms with van der Waals surface area (Å²) < 4.78 is 2.23. The molecule has 1 atom stereocenters. The van der Waals surface area contributed by atoms with Gasteiger partial charge in [-0.3, -0.25) is 9.89 Å². The summed E-state index contributed by atoms with van der Waals surface area (Å²) >= 11 is 0. The fourth-order valence-corrected chi connectivity index (χ4v) is 4.28. The van der Waals surface area contributed by atoms with Crippen molar-refractivity contribution in [2.24, 2.45) is 0 Å². The maximum atomic E-state index is 13.0. The van der Waals surface area contributed by atoms with Crippen LogP contribution in [-0.2, 0) is 12.8 Å². The van der Waals surface area contributed by atoms with E-state index in [-0.39, 0.29) is 11.9 Å². The zero-order chi connectivity index (χ0) is 16.8. The second-order valence-corrected chi connectivity index (χ2v) is 7.07. The van der Waals surface area contributed by atoms with Crippen molar-refractivity contribution >= 4 is 16.9 Å². The molecular weight excluding hydrogens is 314 g/mol. The molecule has 1 saturated heterocycles. The van der Waals surface area contributed by atoms with E-state index in [0.29, 0.717) is 5.69 Å². The Hall–Kier alpha value is -2.63. The van der Waals surface area contributed by atoms with Crippen molar-refractivity contribution in [3.05, 3.63) is 47.5 Å². The molecule has 1 fully saturated rings. The minimum absolute atomic E-state index is 0.0773. The lowest BCUT2D eigenvalue weighted by Gasteiger charge is -2.33. The van der Waals surface area contributed by atoms with Crippen molar-refractivity contribution in [1.29, 1.82) is 0 Å². The van der Waals surface area contributed by atoms with Gasteiger partial charge in [0.25, 0.3) is 5.91 Å². The van der Waals surface area contributed by atoms with Gasteiger partial charge in [0.05, 0.1) is 23.4 Å². The van der Waals surface area contributed by atoms with Gasteiger partial charge in [0.15, 0.2) is 5.69 Å². The maximum absolute atomic E-state index is 13.0. The fourth-order valence-electron chi connectivity index (χ4n) is 4.28. The Morgan fingerprint density at radius 1 is 1.20 bits per heavy atom. The summed E-state index contributed by atoms with van der Waals surface area (Å²) in [5.41, 5.74) is 5.08. The van der Waals surface area contributed by atoms with Crippen LogP contribution < -0.4 is 0 Å². The first-order chi connectivity index (χ1) is 12.3. The first-order valence-electron chi connectivity index (χ1n) is 9.08. The first-order valence-corrected chi connectivity index (χ1v) is 9.08. The molecule has 1 N–H and O–H groups in total. The summed E-state index contributed by atoms with van der Waals surface area (Å²) in [7, 11) is 0. The molecule has 0 saturated carbocycles. The van der Waals surface area contributed by atoms with E-state index in [4.69, 9.17) is 0 Å². The van der Waals surface area contributed by atoms with Crippen LogP contribution in [0.15, 0.2) is 30.6 Å². The second kappa shape index (κ2) is 5.72. The average Bonchev–Trinajstić information content (AvgIpc) is 3.36. The number of H-pyrrole nitrogens is 1. The van der Waals surface area contributed by atoms with Crippen LogP contribution in [0, 0.1) is 0 Å². The highest BCUT2D eigenvalue weighted by molar-refractivity contribution is 5.94. The molecule has 0 bridgehead atoms. The molecule has 6 nitrogen and oxygen atoms in total. The third-order valence-electron chi connectivity index (χ3n) is 5.57. The molecule has 2 aromatic heterocycles. The largest absolute Gasteiger partial charge is 0.335 e. The number of rotatable bonds is 2. The van der Waals surface area contributed by atoms with Crippen molar-refractivity contribution in [2.75, 3.05) is 13.1 Å². The van der Waals surface area contributed by atoms with Gasteiger partial charge < -0.3 is 9.47 Å². The van der Waals surface area contributed by atoms with E-state index in [1.54, 1.807) is 0 Å². The number of benzene rings is 1. The lowest BCUT2D eigenvalue weighted by molar-refractivity contribution is 0.0674. The third-order valence-corrected chi connectivity index (χ3v) is 5.57. The summed E-state index contributed by atoms with van der Waals surface area (Å²) in [5, 5.41) is 7.37. The number of hydrogen-bond donors (Lipinski definition) is 1. The van der Waals surface area contributed by atoms with Crippen LogP contribution in [0.25, 0.3) is 11.0 Å². The van der Waals surface area contributed by atoms with E-state index < -0.39 is 0 Å². The number of aryl methyl sites for hydroxylation is 1. The number of para-hydroxylation sites is 2. The van der Waals surface area contributed by atoms with Gasteiger partial charge in [-0.05, 0) is 44.2 Å². The molecule has 5 rings (SSSR count). The smallest absolute Gasteiger partial charge is 0.274 e. The molecule has 0 radical (unpaired) electrons. The number of aromatic nitrogens is 4. The topological polar surface area (TPSA) is 66.8 Å². The van der Waals surface area contributed by atoms with Crippen molar-refractivity contribution in [1.82, 2.24) is 24.6 Å². The molecule has 0 unspecified atom stereocenters. The van der Waals surface area contributed by atoms with Crippen LogP contribution in [0.3, 0.4) is 0 Å². The molecular formula is C19H21N5O. The van der Waals surface area contributed by atoms with E-state index in [0.717, 1.165) is 67.5 Å². The highest BCUT2D eigenvalue weighted by Crippen LogP contribution is 2.28. The van der Waals surface area contributed by atoms with Crippen LogP contribution in [0.4, 0.5) is 0 Å². The van der Waals surface area contributed by atoms with E-state index >= 15 is 0 Å². The Morgan fingerprint density at radius 2 is 2.12 bits per heavy atom. The van der Waals surface area contributed by atoms with E-state index in [1.807, 2.05) is 29.4 Å². The minimum atomic E-state index is 0.0773. The molecule has 1 aromatic carbocycles. The molecule has 3 heterocycles. The SMILES string of the molecule is O=C(c1n[nH]c2c1CCC2)N1CCC[C@H](n2cnc3ccccc32)C1. The predicted molar refractivity (Wildman–Crippen MR) is 94.5 cm³/mol. The number of nitrogens with zero attached hydrogens (tertiary/aromatic N) is 4. The van der Waals surface area contributed by atoms with E-state index in [1.165, 1.54) is 0 Å². The van der Waals surface area contributed by atoms with Gasteiger partial charge in [-0.1, -0.05) is 12.1 Å². The second-order valence-electron chi connectivity index (χ2n) is 7.07. The van der Waals surface area contributed by atoms with Gasteiger partial charge in [-0.25, -0.2) is 4.98 Å². The number of imidazole rings is 1. The van der Waals surface area contributed by atoms with Crippen LogP contribution in [0.1, 0.15) is 47.1 Å². The molecule has 6 heteroatoms. The normalized spacial score (nSPS) is 20.2. The minimum Gasteiger partial charge on any atom is -0.335 e. The lowest BCUT2D eigenvalue weighted by atomic mass is 10.0. The summed E-state index contributed by atoms with van der Waals surface area (Å²) in [6.07, 6.45) is 7.09. The van der Waals surface area contributed by atoms with Crippen LogP contribution >= 0.6 is 0 Å². The van der Waals surface area contributed by atoms with Crippen molar-refractivity contribution in [3.63, 3.8) is 0 Å². The first kappa shape index (κ1) is 14.7. The number of fused-ring (bicyclic) bond motifs is 2. The van der Waals surface area contributed by atoms with Gasteiger partial charge >= 0.3 is 0 Å². The van der Waals surface area contributed by atoms with Gasteiger partial charge in [-0.2, -0.15) is 5.10 Å². The van der Waals surface area contributed by atoms with E-state index in [9.17, 15) is 4.79 Å². The molecule has 1 aliphatic carbocycles. The number of aromatic amines is 1. The number of likely N-dealkylation sites (tertiary alicyclic amines) is 1. The molecule has 1 aliphatic heterocycles. The lowest BCUT2D eigenvalue weighted by Crippen LogP contribution is -2.41.